The Morgan fingerprint density at radius 2 is 1.68 bits per heavy atom. The fourth-order valence-electron chi connectivity index (χ4n) is 4.06. The van der Waals surface area contributed by atoms with Crippen LogP contribution >= 0.6 is 0 Å². The van der Waals surface area contributed by atoms with Gasteiger partial charge in [-0.2, -0.15) is 0 Å². The van der Waals surface area contributed by atoms with Crippen LogP contribution in [0.3, 0.4) is 0 Å². The Labute approximate surface area is 167 Å². The van der Waals surface area contributed by atoms with Crippen LogP contribution in [0.25, 0.3) is 0 Å². The van der Waals surface area contributed by atoms with Crippen molar-refractivity contribution in [3.63, 3.8) is 0 Å². The van der Waals surface area contributed by atoms with Gasteiger partial charge in [-0.15, -0.1) is 0 Å². The van der Waals surface area contributed by atoms with Gasteiger partial charge in [0.25, 0.3) is 0 Å². The van der Waals surface area contributed by atoms with Gasteiger partial charge in [0.2, 0.25) is 11.8 Å². The van der Waals surface area contributed by atoms with Crippen LogP contribution in [0.1, 0.15) is 25.3 Å². The molecule has 2 heterocycles. The zero-order chi connectivity index (χ0) is 20.3. The summed E-state index contributed by atoms with van der Waals surface area (Å²) in [5.74, 6) is 0.0781. The molecule has 1 aromatic rings. The molecule has 8 heteroatoms. The van der Waals surface area contributed by atoms with Crippen molar-refractivity contribution in [2.24, 2.45) is 0 Å². The van der Waals surface area contributed by atoms with Crippen LogP contribution in [0.5, 0.6) is 0 Å². The molecule has 2 fully saturated rings. The van der Waals surface area contributed by atoms with Crippen LogP contribution in [-0.2, 0) is 25.8 Å². The van der Waals surface area contributed by atoms with Gasteiger partial charge < -0.3 is 14.7 Å². The Bertz CT molecular complexity index is 816. The SMILES string of the molecule is CC(=O)N1CCN(C(=O)Cc2ccc(S(C)(=O)=O)cc2)CC1CN1CCCC1. The van der Waals surface area contributed by atoms with E-state index >= 15 is 0 Å². The summed E-state index contributed by atoms with van der Waals surface area (Å²) in [7, 11) is -3.24. The topological polar surface area (TPSA) is 78.0 Å². The second-order valence-electron chi connectivity index (χ2n) is 7.81. The molecule has 2 aliphatic rings. The van der Waals surface area contributed by atoms with E-state index in [1.54, 1.807) is 31.2 Å². The fraction of sp³-hybridized carbons (Fsp3) is 0.600. The molecule has 1 aromatic carbocycles. The number of rotatable bonds is 5. The molecule has 0 saturated carbocycles. The number of piperazine rings is 1. The molecule has 0 aliphatic carbocycles. The summed E-state index contributed by atoms with van der Waals surface area (Å²) in [6.07, 6.45) is 3.79. The van der Waals surface area contributed by atoms with E-state index in [-0.39, 0.29) is 29.2 Å². The van der Waals surface area contributed by atoms with Crippen molar-refractivity contribution in [2.75, 3.05) is 45.5 Å². The second kappa shape index (κ2) is 8.61. The summed E-state index contributed by atoms with van der Waals surface area (Å²) in [5.41, 5.74) is 0.794. The third-order valence-electron chi connectivity index (χ3n) is 5.61. The molecule has 1 unspecified atom stereocenters. The van der Waals surface area contributed by atoms with Crippen LogP contribution < -0.4 is 0 Å². The van der Waals surface area contributed by atoms with Crippen LogP contribution in [0, 0.1) is 0 Å². The number of nitrogens with zero attached hydrogens (tertiary/aromatic N) is 3. The average molecular weight is 408 g/mol. The van der Waals surface area contributed by atoms with E-state index in [0.29, 0.717) is 19.6 Å². The number of carbonyl (C=O) groups excluding carboxylic acids is 2. The molecule has 0 bridgehead atoms. The number of benzene rings is 1. The zero-order valence-electron chi connectivity index (χ0n) is 16.6. The fourth-order valence-corrected chi connectivity index (χ4v) is 4.69. The Hall–Kier alpha value is -1.93. The van der Waals surface area contributed by atoms with Crippen LogP contribution in [-0.4, -0.2) is 86.5 Å². The molecule has 154 valence electrons. The minimum Gasteiger partial charge on any atom is -0.339 e. The van der Waals surface area contributed by atoms with E-state index in [1.807, 2.05) is 9.80 Å². The highest BCUT2D eigenvalue weighted by molar-refractivity contribution is 7.90. The predicted octanol–water partition coefficient (Wildman–Crippen LogP) is 0.788. The lowest BCUT2D eigenvalue weighted by Crippen LogP contribution is -2.59. The lowest BCUT2D eigenvalue weighted by atomic mass is 10.1. The summed E-state index contributed by atoms with van der Waals surface area (Å²) in [6, 6.07) is 6.51. The molecule has 2 amide bonds. The van der Waals surface area contributed by atoms with E-state index in [4.69, 9.17) is 0 Å². The first-order chi connectivity index (χ1) is 13.2. The molecule has 3 rings (SSSR count). The first-order valence-corrected chi connectivity index (χ1v) is 11.7. The predicted molar refractivity (Wildman–Crippen MR) is 107 cm³/mol. The molecular formula is C20H29N3O4S. The van der Waals surface area contributed by atoms with E-state index in [0.717, 1.165) is 25.2 Å². The van der Waals surface area contributed by atoms with E-state index in [2.05, 4.69) is 4.90 Å². The number of sulfone groups is 1. The Morgan fingerprint density at radius 1 is 1.04 bits per heavy atom. The molecule has 1 atom stereocenters. The second-order valence-corrected chi connectivity index (χ2v) is 9.82. The zero-order valence-corrected chi connectivity index (χ0v) is 17.5. The van der Waals surface area contributed by atoms with Crippen molar-refractivity contribution in [2.45, 2.75) is 37.1 Å². The molecule has 0 aromatic heterocycles. The smallest absolute Gasteiger partial charge is 0.227 e. The molecule has 0 N–H and O–H groups in total. The van der Waals surface area contributed by atoms with Crippen molar-refractivity contribution in [1.82, 2.24) is 14.7 Å². The van der Waals surface area contributed by atoms with Crippen LogP contribution in [0.4, 0.5) is 0 Å². The van der Waals surface area contributed by atoms with E-state index in [9.17, 15) is 18.0 Å². The molecule has 2 aliphatic heterocycles. The van der Waals surface area contributed by atoms with Gasteiger partial charge >= 0.3 is 0 Å². The number of likely N-dealkylation sites (tertiary alicyclic amines) is 1. The first kappa shape index (κ1) is 20.8. The van der Waals surface area contributed by atoms with Crippen molar-refractivity contribution in [3.05, 3.63) is 29.8 Å². The van der Waals surface area contributed by atoms with Gasteiger partial charge in [-0.3, -0.25) is 9.59 Å². The highest BCUT2D eigenvalue weighted by atomic mass is 32.2. The van der Waals surface area contributed by atoms with Crippen molar-refractivity contribution in [3.8, 4) is 0 Å². The molecule has 2 saturated heterocycles. The highest BCUT2D eigenvalue weighted by Gasteiger charge is 2.32. The van der Waals surface area contributed by atoms with E-state index < -0.39 is 9.84 Å². The summed E-state index contributed by atoms with van der Waals surface area (Å²) < 4.78 is 23.1. The largest absolute Gasteiger partial charge is 0.339 e. The maximum atomic E-state index is 12.8. The summed E-state index contributed by atoms with van der Waals surface area (Å²) in [6.45, 7) is 6.18. The van der Waals surface area contributed by atoms with Gasteiger partial charge in [0, 0.05) is 39.4 Å². The minimum atomic E-state index is -3.24. The van der Waals surface area contributed by atoms with Gasteiger partial charge in [-0.25, -0.2) is 8.42 Å². The maximum Gasteiger partial charge on any atom is 0.227 e. The van der Waals surface area contributed by atoms with Crippen molar-refractivity contribution in [1.29, 1.82) is 0 Å². The van der Waals surface area contributed by atoms with Crippen molar-refractivity contribution >= 4 is 21.7 Å². The monoisotopic (exact) mass is 407 g/mol. The number of hydrogen-bond donors (Lipinski definition) is 0. The normalized spacial score (nSPS) is 21.1. The van der Waals surface area contributed by atoms with Crippen LogP contribution in [0.2, 0.25) is 0 Å². The lowest BCUT2D eigenvalue weighted by molar-refractivity contribution is -0.141. The summed E-state index contributed by atoms with van der Waals surface area (Å²) in [4.78, 5) is 31.2. The maximum absolute atomic E-state index is 12.8. The molecule has 0 radical (unpaired) electrons. The molecule has 7 nitrogen and oxygen atoms in total. The lowest BCUT2D eigenvalue weighted by Gasteiger charge is -2.42. The first-order valence-electron chi connectivity index (χ1n) is 9.80. The van der Waals surface area contributed by atoms with Crippen LogP contribution in [0.15, 0.2) is 29.2 Å². The Balaban J connectivity index is 1.63. The Morgan fingerprint density at radius 3 is 2.25 bits per heavy atom. The average Bonchev–Trinajstić information content (AvgIpc) is 3.14. The van der Waals surface area contributed by atoms with Crippen molar-refractivity contribution < 1.29 is 18.0 Å². The number of carbonyl (C=O) groups is 2. The summed E-state index contributed by atoms with van der Waals surface area (Å²) >= 11 is 0. The Kier molecular flexibility index (Phi) is 6.40. The highest BCUT2D eigenvalue weighted by Crippen LogP contribution is 2.17. The molecular weight excluding hydrogens is 378 g/mol. The van der Waals surface area contributed by atoms with Gasteiger partial charge in [0.1, 0.15) is 0 Å². The summed E-state index contributed by atoms with van der Waals surface area (Å²) in [5, 5.41) is 0. The number of hydrogen-bond acceptors (Lipinski definition) is 5. The molecule has 28 heavy (non-hydrogen) atoms. The van der Waals surface area contributed by atoms with Gasteiger partial charge in [0.05, 0.1) is 17.4 Å². The van der Waals surface area contributed by atoms with E-state index in [1.165, 1.54) is 19.1 Å². The van der Waals surface area contributed by atoms with Gasteiger partial charge in [-0.1, -0.05) is 12.1 Å². The third-order valence-corrected chi connectivity index (χ3v) is 6.74. The minimum absolute atomic E-state index is 0.0155. The van der Waals surface area contributed by atoms with Gasteiger partial charge in [-0.05, 0) is 43.6 Å². The van der Waals surface area contributed by atoms with Gasteiger partial charge in [0.15, 0.2) is 9.84 Å². The quantitative estimate of drug-likeness (QED) is 0.721. The third kappa shape index (κ3) is 5.11. The molecule has 0 spiro atoms. The number of amides is 2. The standard InChI is InChI=1S/C20H29N3O4S/c1-16(24)23-12-11-22(15-18(23)14-21-9-3-4-10-21)20(25)13-17-5-7-19(8-6-17)28(2,26)27/h5-8,18H,3-4,9-15H2,1-2H3.